The van der Waals surface area contributed by atoms with Crippen LogP contribution in [0.15, 0.2) is 104 Å². The lowest BCUT2D eigenvalue weighted by atomic mass is 10.1. The summed E-state index contributed by atoms with van der Waals surface area (Å²) < 4.78 is 13.3. The van der Waals surface area contributed by atoms with E-state index in [1.54, 1.807) is 54.6 Å². The predicted molar refractivity (Wildman–Crippen MR) is 166 cm³/mol. The van der Waals surface area contributed by atoms with Crippen LogP contribution >= 0.6 is 27.5 Å². The molecule has 0 amide bonds. The van der Waals surface area contributed by atoms with Gasteiger partial charge in [0.15, 0.2) is 5.76 Å². The largest absolute Gasteiger partial charge is 0.481 e. The number of hydrogen-bond acceptors (Lipinski definition) is 7. The highest BCUT2D eigenvalue weighted by atomic mass is 79.9. The van der Waals surface area contributed by atoms with Gasteiger partial charge in [-0.3, -0.25) is 14.9 Å². The van der Waals surface area contributed by atoms with Crippen LogP contribution in [0.4, 0.5) is 5.69 Å². The highest BCUT2D eigenvalue weighted by molar-refractivity contribution is 9.10. The molecule has 208 valence electrons. The highest BCUT2D eigenvalue weighted by Gasteiger charge is 2.21. The Morgan fingerprint density at radius 2 is 1.88 bits per heavy atom. The number of aromatic nitrogens is 2. The summed E-state index contributed by atoms with van der Waals surface area (Å²) in [5.74, 6) is 0.553. The minimum absolute atomic E-state index is 0.0869. The van der Waals surface area contributed by atoms with E-state index < -0.39 is 10.5 Å². The van der Waals surface area contributed by atoms with Crippen molar-refractivity contribution < 1.29 is 14.1 Å². The number of aryl methyl sites for hydroxylation is 1. The maximum Gasteiger partial charge on any atom is 0.312 e. The summed E-state index contributed by atoms with van der Waals surface area (Å²) in [5.41, 5.74) is 2.68. The normalized spacial score (nSPS) is 11.5. The molecular formula is C31H20BrClN4O5. The van der Waals surface area contributed by atoms with Crippen molar-refractivity contribution in [2.24, 2.45) is 5.10 Å². The van der Waals surface area contributed by atoms with Gasteiger partial charge in [0.25, 0.3) is 5.56 Å². The third kappa shape index (κ3) is 5.41. The maximum atomic E-state index is 13.6. The monoisotopic (exact) mass is 642 g/mol. The molecule has 0 saturated heterocycles. The van der Waals surface area contributed by atoms with Crippen LogP contribution in [0.5, 0.6) is 5.75 Å². The number of nitro groups is 1. The van der Waals surface area contributed by atoms with Crippen LogP contribution < -0.4 is 10.3 Å². The van der Waals surface area contributed by atoms with Gasteiger partial charge >= 0.3 is 5.69 Å². The summed E-state index contributed by atoms with van der Waals surface area (Å²) in [4.78, 5) is 29.7. The van der Waals surface area contributed by atoms with Crippen LogP contribution in [0.3, 0.4) is 0 Å². The van der Waals surface area contributed by atoms with Gasteiger partial charge in [0.1, 0.15) is 12.2 Å². The fourth-order valence-electron chi connectivity index (χ4n) is 4.43. The summed E-state index contributed by atoms with van der Waals surface area (Å²) >= 11 is 9.55. The average molecular weight is 644 g/mol. The predicted octanol–water partition coefficient (Wildman–Crippen LogP) is 7.90. The van der Waals surface area contributed by atoms with E-state index in [4.69, 9.17) is 20.8 Å². The average Bonchev–Trinajstić information content (AvgIpc) is 3.39. The Morgan fingerprint density at radius 3 is 2.67 bits per heavy atom. The SMILES string of the molecule is Cc1ccc(COc2c(Br)cc(C=Nn3c(-c4cc5cc(Cl)ccc5o4)nc4ccccc4c3=O)cc2[N+](=O)[O-])cc1. The van der Waals surface area contributed by atoms with Gasteiger partial charge in [0.2, 0.25) is 11.6 Å². The molecule has 6 aromatic rings. The maximum absolute atomic E-state index is 13.6. The zero-order valence-corrected chi connectivity index (χ0v) is 24.3. The van der Waals surface area contributed by atoms with Crippen molar-refractivity contribution >= 4 is 61.3 Å². The Morgan fingerprint density at radius 1 is 1.10 bits per heavy atom. The van der Waals surface area contributed by atoms with E-state index in [2.05, 4.69) is 26.0 Å². The second-order valence-electron chi connectivity index (χ2n) is 9.49. The molecule has 0 atom stereocenters. The lowest BCUT2D eigenvalue weighted by molar-refractivity contribution is -0.386. The molecule has 0 fully saturated rings. The van der Waals surface area contributed by atoms with Crippen LogP contribution in [-0.4, -0.2) is 20.8 Å². The van der Waals surface area contributed by atoms with Gasteiger partial charge in [-0.15, -0.1) is 0 Å². The Bertz CT molecular complexity index is 2090. The lowest BCUT2D eigenvalue weighted by Gasteiger charge is -2.10. The second-order valence-corrected chi connectivity index (χ2v) is 10.8. The van der Waals surface area contributed by atoms with Crippen LogP contribution in [0, 0.1) is 17.0 Å². The third-order valence-corrected chi connectivity index (χ3v) is 7.35. The van der Waals surface area contributed by atoms with Gasteiger partial charge in [-0.2, -0.15) is 9.78 Å². The van der Waals surface area contributed by atoms with Gasteiger partial charge in [0.05, 0.1) is 26.5 Å². The van der Waals surface area contributed by atoms with E-state index in [0.29, 0.717) is 37.3 Å². The number of nitro benzene ring substituents is 1. The summed E-state index contributed by atoms with van der Waals surface area (Å²) in [7, 11) is 0. The quantitative estimate of drug-likeness (QED) is 0.0993. The van der Waals surface area contributed by atoms with E-state index >= 15 is 0 Å². The number of nitrogens with zero attached hydrogens (tertiary/aromatic N) is 4. The van der Waals surface area contributed by atoms with E-state index in [0.717, 1.165) is 21.2 Å². The molecule has 4 aromatic carbocycles. The number of fused-ring (bicyclic) bond motifs is 2. The number of rotatable bonds is 7. The zero-order chi connectivity index (χ0) is 29.4. The van der Waals surface area contributed by atoms with Crippen molar-refractivity contribution in [2.45, 2.75) is 13.5 Å². The Hall–Kier alpha value is -4.80. The van der Waals surface area contributed by atoms with Gasteiger partial charge in [0, 0.05) is 22.0 Å². The fourth-order valence-corrected chi connectivity index (χ4v) is 5.19. The van der Waals surface area contributed by atoms with Gasteiger partial charge in [-0.25, -0.2) is 4.98 Å². The molecule has 0 N–H and O–H groups in total. The Labute approximate surface area is 251 Å². The molecule has 11 heteroatoms. The molecule has 0 radical (unpaired) electrons. The molecule has 0 spiro atoms. The van der Waals surface area contributed by atoms with Crippen molar-refractivity contribution in [3.63, 3.8) is 0 Å². The van der Waals surface area contributed by atoms with Crippen LogP contribution in [0.2, 0.25) is 5.02 Å². The number of hydrogen-bond donors (Lipinski definition) is 0. The Kier molecular flexibility index (Phi) is 7.32. The second kappa shape index (κ2) is 11.2. The summed E-state index contributed by atoms with van der Waals surface area (Å²) in [6.45, 7) is 2.13. The number of ether oxygens (including phenoxy) is 1. The van der Waals surface area contributed by atoms with Crippen LogP contribution in [0.25, 0.3) is 33.5 Å². The smallest absolute Gasteiger partial charge is 0.312 e. The minimum Gasteiger partial charge on any atom is -0.481 e. The fraction of sp³-hybridized carbons (Fsp3) is 0.0645. The minimum atomic E-state index is -0.526. The molecule has 2 aromatic heterocycles. The molecule has 6 rings (SSSR count). The van der Waals surface area contributed by atoms with E-state index in [1.807, 2.05) is 31.2 Å². The molecule has 0 saturated carbocycles. The van der Waals surface area contributed by atoms with E-state index in [-0.39, 0.29) is 23.9 Å². The summed E-state index contributed by atoms with van der Waals surface area (Å²) in [5, 5.41) is 18.0. The Balaban J connectivity index is 1.41. The molecule has 42 heavy (non-hydrogen) atoms. The molecule has 0 aliphatic rings. The van der Waals surface area contributed by atoms with Crippen LogP contribution in [-0.2, 0) is 6.61 Å². The lowest BCUT2D eigenvalue weighted by Crippen LogP contribution is -2.20. The molecule has 9 nitrogen and oxygen atoms in total. The molecule has 0 bridgehead atoms. The van der Waals surface area contributed by atoms with Gasteiger partial charge in [-0.1, -0.05) is 53.6 Å². The highest BCUT2D eigenvalue weighted by Crippen LogP contribution is 2.37. The first kappa shape index (κ1) is 27.4. The molecule has 0 aliphatic carbocycles. The van der Waals surface area contributed by atoms with Crippen molar-refractivity contribution in [3.8, 4) is 17.3 Å². The number of para-hydroxylation sites is 1. The van der Waals surface area contributed by atoms with Crippen LogP contribution in [0.1, 0.15) is 16.7 Å². The first-order chi connectivity index (χ1) is 20.3. The molecular weight excluding hydrogens is 624 g/mol. The van der Waals surface area contributed by atoms with Crippen molar-refractivity contribution in [1.29, 1.82) is 0 Å². The number of furan rings is 1. The number of benzene rings is 4. The van der Waals surface area contributed by atoms with E-state index in [1.165, 1.54) is 12.3 Å². The summed E-state index contributed by atoms with van der Waals surface area (Å²) in [6.07, 6.45) is 1.35. The van der Waals surface area contributed by atoms with Crippen molar-refractivity contribution in [2.75, 3.05) is 0 Å². The molecule has 2 heterocycles. The van der Waals surface area contributed by atoms with Crippen molar-refractivity contribution in [3.05, 3.63) is 132 Å². The molecule has 0 unspecified atom stereocenters. The first-order valence-corrected chi connectivity index (χ1v) is 13.9. The van der Waals surface area contributed by atoms with Gasteiger partial charge < -0.3 is 9.15 Å². The first-order valence-electron chi connectivity index (χ1n) is 12.7. The summed E-state index contributed by atoms with van der Waals surface area (Å²) in [6, 6.07) is 24.5. The zero-order valence-electron chi connectivity index (χ0n) is 22.0. The number of halogens is 2. The molecule has 0 aliphatic heterocycles. The topological polar surface area (TPSA) is 113 Å². The van der Waals surface area contributed by atoms with Crippen molar-refractivity contribution in [1.82, 2.24) is 9.66 Å². The third-order valence-electron chi connectivity index (χ3n) is 6.52. The van der Waals surface area contributed by atoms with Gasteiger partial charge in [-0.05, 0) is 70.9 Å². The van der Waals surface area contributed by atoms with E-state index in [9.17, 15) is 14.9 Å². The standard InChI is InChI=1S/C31H20BrClN4O5/c1-18-6-8-19(9-7-18)17-41-29-24(32)12-20(13-26(29)37(39)40)16-34-36-30(35-25-5-3-2-4-23(25)31(36)38)28-15-21-14-22(33)10-11-27(21)42-28/h2-16H,17H2,1H3.